The lowest BCUT2D eigenvalue weighted by atomic mass is 10.1. The Bertz CT molecular complexity index is 314. The van der Waals surface area contributed by atoms with Gasteiger partial charge in [0, 0.05) is 23.9 Å². The largest absolute Gasteiger partial charge is 0.466 e. The maximum Gasteiger partial charge on any atom is 0.306 e. The van der Waals surface area contributed by atoms with Gasteiger partial charge in [-0.05, 0) is 31.0 Å². The molecular weight excluding hydrogens is 228 g/mol. The molecule has 1 aromatic rings. The van der Waals surface area contributed by atoms with Gasteiger partial charge in [-0.15, -0.1) is 0 Å². The summed E-state index contributed by atoms with van der Waals surface area (Å²) >= 11 is 5.42. The van der Waals surface area contributed by atoms with Crippen LogP contribution in [0.25, 0.3) is 0 Å². The minimum absolute atomic E-state index is 0. The van der Waals surface area contributed by atoms with Gasteiger partial charge in [-0.25, -0.2) is 0 Å². The van der Waals surface area contributed by atoms with E-state index in [1.807, 2.05) is 24.3 Å². The van der Waals surface area contributed by atoms with Crippen molar-refractivity contribution in [3.8, 4) is 0 Å². The molecule has 90 valence electrons. The van der Waals surface area contributed by atoms with Gasteiger partial charge >= 0.3 is 5.97 Å². The Morgan fingerprint density at radius 3 is 2.50 bits per heavy atom. The number of hydrogen-bond acceptors (Lipinski definition) is 4. The van der Waals surface area contributed by atoms with Gasteiger partial charge < -0.3 is 10.9 Å². The van der Waals surface area contributed by atoms with E-state index in [0.717, 1.165) is 11.3 Å². The number of carbonyl (C=O) groups is 1. The number of halogens is 1. The van der Waals surface area contributed by atoms with E-state index in [-0.39, 0.29) is 12.1 Å². The highest BCUT2D eigenvalue weighted by Gasteiger charge is 2.02. The number of carbonyl (C=O) groups excluding carboxylic acids is 1. The third kappa shape index (κ3) is 5.00. The number of hydrogen-bond donors (Lipinski definition) is 2. The van der Waals surface area contributed by atoms with Crippen LogP contribution in [0.15, 0.2) is 24.3 Å². The fraction of sp³-hybridized carbons (Fsp3) is 0.364. The standard InChI is InChI=1S/C11H14ClNO2.H3N/c1-2-15-11(14)8-5-9-3-6-10(13-12)7-4-9;/h3-4,6-7,13H,2,5,8H2,1H3;1H3. The molecule has 5 heteroatoms. The molecule has 1 rings (SSSR count). The van der Waals surface area contributed by atoms with E-state index in [1.54, 1.807) is 6.92 Å². The van der Waals surface area contributed by atoms with E-state index in [9.17, 15) is 4.79 Å². The summed E-state index contributed by atoms with van der Waals surface area (Å²) in [5.41, 5.74) is 1.94. The van der Waals surface area contributed by atoms with Gasteiger partial charge in [0.1, 0.15) is 0 Å². The summed E-state index contributed by atoms with van der Waals surface area (Å²) in [5.74, 6) is -0.156. The van der Waals surface area contributed by atoms with Gasteiger partial charge in [0.25, 0.3) is 0 Å². The van der Waals surface area contributed by atoms with Crippen LogP contribution in [0.2, 0.25) is 0 Å². The lowest BCUT2D eigenvalue weighted by Gasteiger charge is -2.03. The molecule has 0 spiro atoms. The summed E-state index contributed by atoms with van der Waals surface area (Å²) in [6.07, 6.45) is 1.11. The van der Waals surface area contributed by atoms with E-state index in [4.69, 9.17) is 16.5 Å². The Kier molecular flexibility index (Phi) is 7.33. The molecular formula is C11H17ClN2O2. The van der Waals surface area contributed by atoms with Crippen LogP contribution in [0.1, 0.15) is 18.9 Å². The Balaban J connectivity index is 0.00000225. The molecule has 0 atom stereocenters. The first-order valence-electron chi connectivity index (χ1n) is 4.87. The van der Waals surface area contributed by atoms with Gasteiger partial charge in [0.05, 0.1) is 6.61 Å². The van der Waals surface area contributed by atoms with Crippen LogP contribution in [-0.4, -0.2) is 12.6 Å². The number of nitrogens with one attached hydrogen (secondary N) is 1. The van der Waals surface area contributed by atoms with Crippen molar-refractivity contribution < 1.29 is 9.53 Å². The highest BCUT2D eigenvalue weighted by atomic mass is 35.5. The van der Waals surface area contributed by atoms with Crippen molar-refractivity contribution in [3.63, 3.8) is 0 Å². The Morgan fingerprint density at radius 2 is 2.00 bits per heavy atom. The maximum atomic E-state index is 11.1. The zero-order valence-corrected chi connectivity index (χ0v) is 10.1. The first-order valence-corrected chi connectivity index (χ1v) is 5.25. The molecule has 0 aliphatic heterocycles. The minimum atomic E-state index is -0.156. The molecule has 4 N–H and O–H groups in total. The van der Waals surface area contributed by atoms with E-state index < -0.39 is 0 Å². The molecule has 0 aliphatic carbocycles. The first-order chi connectivity index (χ1) is 7.26. The van der Waals surface area contributed by atoms with Crippen LogP contribution in [-0.2, 0) is 16.0 Å². The topological polar surface area (TPSA) is 73.3 Å². The predicted octanol–water partition coefficient (Wildman–Crippen LogP) is 2.91. The van der Waals surface area contributed by atoms with E-state index in [2.05, 4.69) is 4.84 Å². The second-order valence-electron chi connectivity index (χ2n) is 3.10. The predicted molar refractivity (Wildman–Crippen MR) is 65.9 cm³/mol. The van der Waals surface area contributed by atoms with Crippen molar-refractivity contribution in [2.24, 2.45) is 0 Å². The molecule has 0 unspecified atom stereocenters. The SMILES string of the molecule is CCOC(=O)CCc1ccc(NCl)cc1.N. The van der Waals surface area contributed by atoms with Crippen LogP contribution < -0.4 is 11.0 Å². The third-order valence-corrected chi connectivity index (χ3v) is 2.20. The molecule has 0 saturated carbocycles. The third-order valence-electron chi connectivity index (χ3n) is 1.99. The van der Waals surface area contributed by atoms with Gasteiger partial charge in [-0.3, -0.25) is 9.63 Å². The Labute approximate surface area is 101 Å². The normalized spacial score (nSPS) is 9.12. The van der Waals surface area contributed by atoms with E-state index in [1.165, 1.54) is 0 Å². The second kappa shape index (κ2) is 7.96. The number of anilines is 1. The minimum Gasteiger partial charge on any atom is -0.466 e. The maximum absolute atomic E-state index is 11.1. The average molecular weight is 245 g/mol. The first kappa shape index (κ1) is 14.7. The molecule has 0 aromatic heterocycles. The summed E-state index contributed by atoms with van der Waals surface area (Å²) < 4.78 is 4.84. The average Bonchev–Trinajstić information content (AvgIpc) is 2.27. The second-order valence-corrected chi connectivity index (χ2v) is 3.29. The summed E-state index contributed by atoms with van der Waals surface area (Å²) in [7, 11) is 0. The Morgan fingerprint density at radius 1 is 1.38 bits per heavy atom. The van der Waals surface area contributed by atoms with Crippen LogP contribution in [0.4, 0.5) is 5.69 Å². The van der Waals surface area contributed by atoms with Crippen molar-refractivity contribution in [2.75, 3.05) is 11.4 Å². The van der Waals surface area contributed by atoms with Gasteiger partial charge in [-0.1, -0.05) is 12.1 Å². The molecule has 0 radical (unpaired) electrons. The lowest BCUT2D eigenvalue weighted by molar-refractivity contribution is -0.143. The lowest BCUT2D eigenvalue weighted by Crippen LogP contribution is -2.05. The van der Waals surface area contributed by atoms with Crippen molar-refractivity contribution in [3.05, 3.63) is 29.8 Å². The van der Waals surface area contributed by atoms with Gasteiger partial charge in [0.2, 0.25) is 0 Å². The molecule has 4 nitrogen and oxygen atoms in total. The van der Waals surface area contributed by atoms with Crippen LogP contribution in [0.5, 0.6) is 0 Å². The van der Waals surface area contributed by atoms with Crippen molar-refractivity contribution in [2.45, 2.75) is 19.8 Å². The summed E-state index contributed by atoms with van der Waals surface area (Å²) in [6, 6.07) is 7.61. The van der Waals surface area contributed by atoms with E-state index in [0.29, 0.717) is 19.4 Å². The number of aryl methyl sites for hydroxylation is 1. The highest BCUT2D eigenvalue weighted by molar-refractivity contribution is 6.23. The van der Waals surface area contributed by atoms with Gasteiger partial charge in [-0.2, -0.15) is 0 Å². The van der Waals surface area contributed by atoms with Crippen LogP contribution >= 0.6 is 11.8 Å². The zero-order valence-electron chi connectivity index (χ0n) is 9.33. The fourth-order valence-corrected chi connectivity index (χ4v) is 1.34. The summed E-state index contributed by atoms with van der Waals surface area (Å²) in [5, 5.41) is 0. The van der Waals surface area contributed by atoms with Crippen molar-refractivity contribution in [1.82, 2.24) is 6.15 Å². The smallest absolute Gasteiger partial charge is 0.306 e. The molecule has 16 heavy (non-hydrogen) atoms. The molecule has 1 aromatic carbocycles. The quantitative estimate of drug-likeness (QED) is 0.617. The fourth-order valence-electron chi connectivity index (χ4n) is 1.21. The van der Waals surface area contributed by atoms with Gasteiger partial charge in [0.15, 0.2) is 0 Å². The number of rotatable bonds is 5. The number of benzene rings is 1. The van der Waals surface area contributed by atoms with Crippen molar-refractivity contribution in [1.29, 1.82) is 0 Å². The summed E-state index contributed by atoms with van der Waals surface area (Å²) in [6.45, 7) is 2.24. The number of esters is 1. The highest BCUT2D eigenvalue weighted by Crippen LogP contribution is 2.11. The Hall–Kier alpha value is -1.26. The zero-order chi connectivity index (χ0) is 11.1. The molecule has 0 fully saturated rings. The molecule has 0 aliphatic rings. The van der Waals surface area contributed by atoms with Crippen molar-refractivity contribution >= 4 is 23.4 Å². The van der Waals surface area contributed by atoms with E-state index >= 15 is 0 Å². The molecule has 0 heterocycles. The van der Waals surface area contributed by atoms with Crippen LogP contribution in [0.3, 0.4) is 0 Å². The molecule has 0 bridgehead atoms. The number of ether oxygens (including phenoxy) is 1. The molecule has 0 saturated heterocycles. The van der Waals surface area contributed by atoms with Crippen LogP contribution in [0, 0.1) is 0 Å². The monoisotopic (exact) mass is 244 g/mol. The summed E-state index contributed by atoms with van der Waals surface area (Å²) in [4.78, 5) is 13.6. The molecule has 0 amide bonds.